The van der Waals surface area contributed by atoms with Gasteiger partial charge in [0, 0.05) is 17.7 Å². The molecule has 1 aromatic heterocycles. The number of aliphatic hydroxyl groups is 1. The van der Waals surface area contributed by atoms with Crippen molar-refractivity contribution in [2.45, 2.75) is 12.2 Å². The molecular weight excluding hydrogens is 504 g/mol. The lowest BCUT2D eigenvalue weighted by Crippen LogP contribution is -2.36. The molecule has 39 heavy (non-hydrogen) atoms. The maximum Gasteiger partial charge on any atom is 0.235 e. The molecule has 0 spiro atoms. The Morgan fingerprint density at radius 2 is 1.38 bits per heavy atom. The van der Waals surface area contributed by atoms with Crippen molar-refractivity contribution >= 4 is 16.8 Å². The Balaban J connectivity index is 0.000000160. The maximum atomic E-state index is 12.2. The van der Waals surface area contributed by atoms with Gasteiger partial charge in [0.25, 0.3) is 0 Å². The van der Waals surface area contributed by atoms with E-state index >= 15 is 0 Å². The average molecular weight is 526 g/mol. The number of rotatable bonds is 2. The summed E-state index contributed by atoms with van der Waals surface area (Å²) < 4.78 is 11.1. The molecule has 0 saturated heterocycles. The van der Waals surface area contributed by atoms with Gasteiger partial charge in [0.05, 0.1) is 5.39 Å². The van der Waals surface area contributed by atoms with Gasteiger partial charge in [-0.05, 0) is 29.8 Å². The summed E-state index contributed by atoms with van der Waals surface area (Å²) in [6.45, 7) is 0. The van der Waals surface area contributed by atoms with E-state index in [-0.39, 0.29) is 34.3 Å². The van der Waals surface area contributed by atoms with Gasteiger partial charge in [-0.2, -0.15) is 0 Å². The molecule has 1 aliphatic rings. The number of aliphatic hydroxyl groups excluding tert-OH is 1. The molecule has 2 atom stereocenters. The number of ether oxygens (including phenoxy) is 1. The van der Waals surface area contributed by atoms with Crippen molar-refractivity contribution in [3.05, 3.63) is 112 Å². The molecule has 2 unspecified atom stereocenters. The minimum atomic E-state index is -1.49. The highest BCUT2D eigenvalue weighted by Gasteiger charge is 2.39. The Bertz CT molecular complexity index is 1720. The highest BCUT2D eigenvalue weighted by Crippen LogP contribution is 2.41. The largest absolute Gasteiger partial charge is 0.508 e. The highest BCUT2D eigenvalue weighted by molar-refractivity contribution is 6.05. The molecule has 0 fully saturated rings. The van der Waals surface area contributed by atoms with Crippen LogP contribution in [0, 0.1) is 0 Å². The summed E-state index contributed by atoms with van der Waals surface area (Å²) >= 11 is 0. The first-order valence-corrected chi connectivity index (χ1v) is 11.8. The molecule has 0 aliphatic carbocycles. The summed E-state index contributed by atoms with van der Waals surface area (Å²) in [5.74, 6) is -1.48. The van der Waals surface area contributed by atoms with Crippen LogP contribution >= 0.6 is 0 Å². The number of para-hydroxylation sites is 1. The predicted molar refractivity (Wildman–Crippen MR) is 141 cm³/mol. The van der Waals surface area contributed by atoms with Crippen LogP contribution in [0.15, 0.2) is 100 Å². The van der Waals surface area contributed by atoms with Crippen molar-refractivity contribution in [3.63, 3.8) is 0 Å². The van der Waals surface area contributed by atoms with Gasteiger partial charge in [-0.15, -0.1) is 0 Å². The van der Waals surface area contributed by atoms with Gasteiger partial charge in [-0.3, -0.25) is 9.59 Å². The molecule has 0 radical (unpaired) electrons. The minimum absolute atomic E-state index is 0.000810. The monoisotopic (exact) mass is 526 g/mol. The molecule has 1 aliphatic heterocycles. The first-order chi connectivity index (χ1) is 18.7. The lowest BCUT2D eigenvalue weighted by molar-refractivity contribution is 0.0210. The zero-order valence-electron chi connectivity index (χ0n) is 20.2. The molecule has 0 amide bonds. The van der Waals surface area contributed by atoms with Crippen LogP contribution in [0.25, 0.3) is 22.3 Å². The summed E-state index contributed by atoms with van der Waals surface area (Å²) in [7, 11) is 0. The number of phenolic OH excluding ortho intramolecular Hbond substituents is 3. The molecule has 0 saturated carbocycles. The number of hydrogen-bond acceptors (Lipinski definition) is 9. The SMILES string of the molecule is O=C1c2c(O)cc(O)cc2OC(c2ccc(O)cc2)C1O.O=c1c(O)c(-c2ccccc2)oc2ccccc12. The number of phenols is 3. The summed E-state index contributed by atoms with van der Waals surface area (Å²) in [6, 6.07) is 24.0. The van der Waals surface area contributed by atoms with E-state index in [1.54, 1.807) is 36.4 Å². The van der Waals surface area contributed by atoms with Crippen LogP contribution in [-0.4, -0.2) is 37.4 Å². The Hall–Kier alpha value is -5.28. The van der Waals surface area contributed by atoms with Gasteiger partial charge in [-0.25, -0.2) is 0 Å². The van der Waals surface area contributed by atoms with Crippen LogP contribution in [0.2, 0.25) is 0 Å². The maximum absolute atomic E-state index is 12.2. The van der Waals surface area contributed by atoms with Crippen molar-refractivity contribution in [3.8, 4) is 40.1 Å². The summed E-state index contributed by atoms with van der Waals surface area (Å²) in [6.07, 6.45) is -2.47. The Morgan fingerprint density at radius 3 is 2.10 bits per heavy atom. The fraction of sp³-hybridized carbons (Fsp3) is 0.0667. The van der Waals surface area contributed by atoms with E-state index in [4.69, 9.17) is 9.15 Å². The molecule has 6 rings (SSSR count). The minimum Gasteiger partial charge on any atom is -0.508 e. The van der Waals surface area contributed by atoms with E-state index in [9.17, 15) is 35.1 Å². The van der Waals surface area contributed by atoms with Crippen LogP contribution in [-0.2, 0) is 0 Å². The van der Waals surface area contributed by atoms with Crippen LogP contribution in [0.4, 0.5) is 0 Å². The Kier molecular flexibility index (Phi) is 6.66. The number of carbonyl (C=O) groups excluding carboxylic acids is 1. The van der Waals surface area contributed by atoms with Gasteiger partial charge in [0.2, 0.25) is 17.0 Å². The third kappa shape index (κ3) is 4.86. The van der Waals surface area contributed by atoms with Crippen LogP contribution in [0.3, 0.4) is 0 Å². The van der Waals surface area contributed by atoms with E-state index < -0.39 is 29.2 Å². The first-order valence-electron chi connectivity index (χ1n) is 11.8. The van der Waals surface area contributed by atoms with Crippen LogP contribution in [0.1, 0.15) is 22.0 Å². The van der Waals surface area contributed by atoms with E-state index in [2.05, 4.69) is 0 Å². The van der Waals surface area contributed by atoms with E-state index in [1.807, 2.05) is 18.2 Å². The smallest absolute Gasteiger partial charge is 0.235 e. The van der Waals surface area contributed by atoms with Gasteiger partial charge in [-0.1, -0.05) is 54.6 Å². The molecule has 2 heterocycles. The fourth-order valence-corrected chi connectivity index (χ4v) is 4.25. The molecule has 5 N–H and O–H groups in total. The predicted octanol–water partition coefficient (Wildman–Crippen LogP) is 4.65. The number of aromatic hydroxyl groups is 4. The standard InChI is InChI=1S/C15H12O6.C15H10O3/c16-8-3-1-7(2-4-8)15-14(20)13(19)12-10(18)5-9(17)6-11(12)21-15;16-13-11-8-4-5-9-12(11)18-15(14(13)17)10-6-2-1-3-7-10/h1-6,14-18,20H;1-9,17H. The van der Waals surface area contributed by atoms with Crippen molar-refractivity contribution in [1.29, 1.82) is 0 Å². The van der Waals surface area contributed by atoms with E-state index in [1.165, 1.54) is 30.3 Å². The van der Waals surface area contributed by atoms with Crippen LogP contribution < -0.4 is 10.2 Å². The van der Waals surface area contributed by atoms with Crippen molar-refractivity contribution in [1.82, 2.24) is 0 Å². The molecule has 0 bridgehead atoms. The molecule has 4 aromatic carbocycles. The average Bonchev–Trinajstić information content (AvgIpc) is 2.94. The van der Waals surface area contributed by atoms with Crippen molar-refractivity contribution in [2.75, 3.05) is 0 Å². The molecule has 9 nitrogen and oxygen atoms in total. The quantitative estimate of drug-likeness (QED) is 0.221. The summed E-state index contributed by atoms with van der Waals surface area (Å²) in [5.41, 5.74) is 1.07. The second kappa shape index (κ2) is 10.2. The van der Waals surface area contributed by atoms with Crippen molar-refractivity contribution in [2.24, 2.45) is 0 Å². The van der Waals surface area contributed by atoms with E-state index in [0.717, 1.165) is 6.07 Å². The third-order valence-corrected chi connectivity index (χ3v) is 6.15. The normalized spacial score (nSPS) is 16.1. The lowest BCUT2D eigenvalue weighted by Gasteiger charge is -2.30. The zero-order valence-corrected chi connectivity index (χ0v) is 20.2. The van der Waals surface area contributed by atoms with Gasteiger partial charge in [0.1, 0.15) is 34.1 Å². The lowest BCUT2D eigenvalue weighted by atomic mass is 9.93. The van der Waals surface area contributed by atoms with Gasteiger partial charge in [0.15, 0.2) is 18.0 Å². The number of benzene rings is 4. The van der Waals surface area contributed by atoms with Crippen LogP contribution in [0.5, 0.6) is 28.7 Å². The first kappa shape index (κ1) is 25.4. The van der Waals surface area contributed by atoms with E-state index in [0.29, 0.717) is 22.1 Å². The zero-order chi connectivity index (χ0) is 27.7. The second-order valence-corrected chi connectivity index (χ2v) is 8.75. The number of carbonyl (C=O) groups is 1. The molecule has 196 valence electrons. The molecule has 5 aromatic rings. The fourth-order valence-electron chi connectivity index (χ4n) is 4.25. The summed E-state index contributed by atoms with van der Waals surface area (Å²) in [5, 5.41) is 48.9. The van der Waals surface area contributed by atoms with Crippen molar-refractivity contribution < 1.29 is 39.5 Å². The second-order valence-electron chi connectivity index (χ2n) is 8.75. The number of Topliss-reactive ketones (excluding diaryl/α,β-unsaturated/α-hetero) is 1. The molecule has 9 heteroatoms. The number of ketones is 1. The molecular formula is C30H22O9. The highest BCUT2D eigenvalue weighted by atomic mass is 16.5. The summed E-state index contributed by atoms with van der Waals surface area (Å²) in [4.78, 5) is 24.2. The van der Waals surface area contributed by atoms with Gasteiger partial charge < -0.3 is 34.7 Å². The number of fused-ring (bicyclic) bond motifs is 2. The van der Waals surface area contributed by atoms with Gasteiger partial charge >= 0.3 is 0 Å². The Morgan fingerprint density at radius 1 is 0.718 bits per heavy atom. The third-order valence-electron chi connectivity index (χ3n) is 6.15. The number of hydrogen-bond donors (Lipinski definition) is 5. The Labute approximate surface area is 221 Å². The topological polar surface area (TPSA) is 158 Å².